The monoisotopic (exact) mass is 460 g/mol. The maximum absolute atomic E-state index is 13.1. The standard InChI is InChI=1S/C23H28N2O6S/c1-6-25(7-2)32(27,28)21-13-16(9-11-20(21)30-8-3)24-23(26)22-15(4)18-14-17(29-5)10-12-19(18)31-22/h9-14H,6-8H2,1-5H3,(H,24,26). The fourth-order valence-electron chi connectivity index (χ4n) is 3.50. The molecule has 2 aromatic carbocycles. The number of carbonyl (C=O) groups is 1. The first kappa shape index (κ1) is 23.6. The molecule has 172 valence electrons. The SMILES string of the molecule is CCOc1ccc(NC(=O)c2oc3ccc(OC)cc3c2C)cc1S(=O)(=O)N(CC)CC. The van der Waals surface area contributed by atoms with Gasteiger partial charge in [-0.05, 0) is 50.2 Å². The van der Waals surface area contributed by atoms with Crippen LogP contribution in [0.15, 0.2) is 45.7 Å². The highest BCUT2D eigenvalue weighted by atomic mass is 32.2. The molecule has 0 bridgehead atoms. The van der Waals surface area contributed by atoms with E-state index in [1.54, 1.807) is 65.1 Å². The van der Waals surface area contributed by atoms with Crippen LogP contribution in [0.5, 0.6) is 11.5 Å². The highest BCUT2D eigenvalue weighted by molar-refractivity contribution is 7.89. The van der Waals surface area contributed by atoms with Gasteiger partial charge in [0, 0.05) is 29.7 Å². The van der Waals surface area contributed by atoms with Crippen LogP contribution in [0.4, 0.5) is 5.69 Å². The van der Waals surface area contributed by atoms with Crippen LogP contribution in [-0.4, -0.2) is 45.4 Å². The van der Waals surface area contributed by atoms with Crippen LogP contribution < -0.4 is 14.8 Å². The third kappa shape index (κ3) is 4.44. The molecule has 0 fully saturated rings. The van der Waals surface area contributed by atoms with Crippen LogP contribution in [0.2, 0.25) is 0 Å². The first-order valence-corrected chi connectivity index (χ1v) is 11.9. The van der Waals surface area contributed by atoms with E-state index in [2.05, 4.69) is 5.32 Å². The molecule has 9 heteroatoms. The van der Waals surface area contributed by atoms with Crippen LogP contribution >= 0.6 is 0 Å². The molecule has 0 radical (unpaired) electrons. The van der Waals surface area contributed by atoms with Crippen LogP contribution in [-0.2, 0) is 10.0 Å². The molecule has 0 saturated heterocycles. The van der Waals surface area contributed by atoms with Gasteiger partial charge in [-0.1, -0.05) is 13.8 Å². The lowest BCUT2D eigenvalue weighted by Gasteiger charge is -2.21. The molecule has 1 amide bonds. The molecule has 1 heterocycles. The van der Waals surface area contributed by atoms with Crippen molar-refractivity contribution in [3.8, 4) is 11.5 Å². The van der Waals surface area contributed by atoms with Crippen molar-refractivity contribution in [1.29, 1.82) is 0 Å². The molecule has 0 saturated carbocycles. The molecule has 0 aliphatic carbocycles. The fraction of sp³-hybridized carbons (Fsp3) is 0.348. The van der Waals surface area contributed by atoms with Gasteiger partial charge in [0.1, 0.15) is 22.0 Å². The summed E-state index contributed by atoms with van der Waals surface area (Å²) in [5.41, 5.74) is 1.55. The van der Waals surface area contributed by atoms with Crippen molar-refractivity contribution >= 4 is 32.6 Å². The summed E-state index contributed by atoms with van der Waals surface area (Å²) in [6.45, 7) is 8.07. The summed E-state index contributed by atoms with van der Waals surface area (Å²) in [5.74, 6) is 0.568. The third-order valence-electron chi connectivity index (χ3n) is 5.17. The maximum atomic E-state index is 13.1. The van der Waals surface area contributed by atoms with Gasteiger partial charge in [0.05, 0.1) is 13.7 Å². The molecule has 0 atom stereocenters. The van der Waals surface area contributed by atoms with Gasteiger partial charge >= 0.3 is 0 Å². The smallest absolute Gasteiger partial charge is 0.291 e. The van der Waals surface area contributed by atoms with Gasteiger partial charge in [0.2, 0.25) is 10.0 Å². The third-order valence-corrected chi connectivity index (χ3v) is 7.25. The highest BCUT2D eigenvalue weighted by Crippen LogP contribution is 2.32. The van der Waals surface area contributed by atoms with Crippen molar-refractivity contribution in [3.63, 3.8) is 0 Å². The van der Waals surface area contributed by atoms with Crippen molar-refractivity contribution in [2.45, 2.75) is 32.6 Å². The van der Waals surface area contributed by atoms with E-state index < -0.39 is 15.9 Å². The molecule has 1 N–H and O–H groups in total. The quantitative estimate of drug-likeness (QED) is 0.507. The number of nitrogens with zero attached hydrogens (tertiary/aromatic N) is 1. The number of hydrogen-bond donors (Lipinski definition) is 1. The molecule has 3 rings (SSSR count). The van der Waals surface area contributed by atoms with E-state index in [4.69, 9.17) is 13.9 Å². The zero-order chi connectivity index (χ0) is 23.5. The average Bonchev–Trinajstić information content (AvgIpc) is 3.11. The van der Waals surface area contributed by atoms with Crippen molar-refractivity contribution in [1.82, 2.24) is 4.31 Å². The number of nitrogens with one attached hydrogen (secondary N) is 1. The number of amides is 1. The van der Waals surface area contributed by atoms with Gasteiger partial charge in [-0.15, -0.1) is 0 Å². The number of aryl methyl sites for hydroxylation is 1. The molecule has 0 aliphatic heterocycles. The number of sulfonamides is 1. The normalized spacial score (nSPS) is 11.7. The fourth-order valence-corrected chi connectivity index (χ4v) is 5.11. The number of furan rings is 1. The second-order valence-electron chi connectivity index (χ2n) is 7.06. The Morgan fingerprint density at radius 1 is 1.09 bits per heavy atom. The summed E-state index contributed by atoms with van der Waals surface area (Å²) in [6, 6.07) is 9.86. The number of fused-ring (bicyclic) bond motifs is 1. The number of carbonyl (C=O) groups excluding carboxylic acids is 1. The molecule has 8 nitrogen and oxygen atoms in total. The molecule has 3 aromatic rings. The second kappa shape index (κ2) is 9.62. The first-order valence-electron chi connectivity index (χ1n) is 10.4. The molecule has 32 heavy (non-hydrogen) atoms. The van der Waals surface area contributed by atoms with Crippen molar-refractivity contribution in [2.75, 3.05) is 32.1 Å². The van der Waals surface area contributed by atoms with Crippen LogP contribution in [0.3, 0.4) is 0 Å². The number of rotatable bonds is 9. The average molecular weight is 461 g/mol. The molecule has 0 spiro atoms. The predicted molar refractivity (Wildman–Crippen MR) is 123 cm³/mol. The molecule has 0 aliphatic rings. The zero-order valence-electron chi connectivity index (χ0n) is 18.9. The lowest BCUT2D eigenvalue weighted by molar-refractivity contribution is 0.0998. The Morgan fingerprint density at radius 2 is 1.81 bits per heavy atom. The number of hydrogen-bond acceptors (Lipinski definition) is 6. The zero-order valence-corrected chi connectivity index (χ0v) is 19.7. The molecular weight excluding hydrogens is 432 g/mol. The number of methoxy groups -OCH3 is 1. The van der Waals surface area contributed by atoms with Gasteiger partial charge in [0.15, 0.2) is 5.76 Å². The summed E-state index contributed by atoms with van der Waals surface area (Å²) in [7, 11) is -2.22. The van der Waals surface area contributed by atoms with Crippen molar-refractivity contribution in [2.24, 2.45) is 0 Å². The van der Waals surface area contributed by atoms with E-state index in [9.17, 15) is 13.2 Å². The largest absolute Gasteiger partial charge is 0.497 e. The van der Waals surface area contributed by atoms with Gasteiger partial charge in [0.25, 0.3) is 5.91 Å². The number of anilines is 1. The van der Waals surface area contributed by atoms with E-state index in [0.717, 1.165) is 5.39 Å². The Hall–Kier alpha value is -3.04. The van der Waals surface area contributed by atoms with Gasteiger partial charge < -0.3 is 19.2 Å². The topological polar surface area (TPSA) is 98.1 Å². The number of benzene rings is 2. The summed E-state index contributed by atoms with van der Waals surface area (Å²) in [5, 5.41) is 3.51. The minimum atomic E-state index is -3.79. The Kier molecular flexibility index (Phi) is 7.10. The Labute approximate surface area is 188 Å². The van der Waals surface area contributed by atoms with E-state index in [-0.39, 0.29) is 16.4 Å². The Morgan fingerprint density at radius 3 is 2.44 bits per heavy atom. The van der Waals surface area contributed by atoms with Gasteiger partial charge in [-0.2, -0.15) is 4.31 Å². The van der Waals surface area contributed by atoms with Crippen LogP contribution in [0, 0.1) is 6.92 Å². The molecule has 1 aromatic heterocycles. The number of ether oxygens (including phenoxy) is 2. The van der Waals surface area contributed by atoms with Crippen LogP contribution in [0.1, 0.15) is 36.9 Å². The van der Waals surface area contributed by atoms with E-state index in [0.29, 0.717) is 42.3 Å². The minimum Gasteiger partial charge on any atom is -0.497 e. The van der Waals surface area contributed by atoms with Crippen molar-refractivity contribution < 1.29 is 27.1 Å². The lowest BCUT2D eigenvalue weighted by Crippen LogP contribution is -2.31. The highest BCUT2D eigenvalue weighted by Gasteiger charge is 2.27. The maximum Gasteiger partial charge on any atom is 0.291 e. The van der Waals surface area contributed by atoms with Crippen LogP contribution in [0.25, 0.3) is 11.0 Å². The first-order chi connectivity index (χ1) is 15.3. The summed E-state index contributed by atoms with van der Waals surface area (Å²) < 4.78 is 44.1. The minimum absolute atomic E-state index is 0.00640. The molecule has 0 unspecified atom stereocenters. The molecular formula is C23H28N2O6S. The van der Waals surface area contributed by atoms with Gasteiger partial charge in [-0.25, -0.2) is 8.42 Å². The van der Waals surface area contributed by atoms with E-state index >= 15 is 0 Å². The Bertz CT molecular complexity index is 1230. The van der Waals surface area contributed by atoms with Crippen molar-refractivity contribution in [3.05, 3.63) is 47.7 Å². The van der Waals surface area contributed by atoms with E-state index in [1.807, 2.05) is 0 Å². The Balaban J connectivity index is 1.98. The summed E-state index contributed by atoms with van der Waals surface area (Å²) in [4.78, 5) is 13.0. The van der Waals surface area contributed by atoms with Gasteiger partial charge in [-0.3, -0.25) is 4.79 Å². The predicted octanol–water partition coefficient (Wildman–Crippen LogP) is 4.43. The summed E-state index contributed by atoms with van der Waals surface area (Å²) in [6.07, 6.45) is 0. The second-order valence-corrected chi connectivity index (χ2v) is 8.96. The van der Waals surface area contributed by atoms with E-state index in [1.165, 1.54) is 10.4 Å². The summed E-state index contributed by atoms with van der Waals surface area (Å²) >= 11 is 0. The lowest BCUT2D eigenvalue weighted by atomic mass is 10.1.